The molecule has 18 heavy (non-hydrogen) atoms. The standard InChI is InChI=1S/C13H10FNO3/c1-18-12-5-3-9(14)6-10(12)8-2-4-11(13(16)17)15-7-8/h2-7H,1H3,(H,16,17). The number of carboxylic acid groups (broad SMARTS) is 1. The molecule has 92 valence electrons. The summed E-state index contributed by atoms with van der Waals surface area (Å²) in [6.45, 7) is 0. The van der Waals surface area contributed by atoms with Crippen LogP contribution in [0.3, 0.4) is 0 Å². The van der Waals surface area contributed by atoms with Crippen LogP contribution in [-0.4, -0.2) is 23.2 Å². The average Bonchev–Trinajstić information content (AvgIpc) is 2.39. The van der Waals surface area contributed by atoms with Crippen LogP contribution in [0, 0.1) is 5.82 Å². The lowest BCUT2D eigenvalue weighted by molar-refractivity contribution is 0.0690. The highest BCUT2D eigenvalue weighted by Gasteiger charge is 2.09. The Bertz CT molecular complexity index is 581. The maximum atomic E-state index is 13.2. The number of carboxylic acids is 1. The first kappa shape index (κ1) is 12.0. The van der Waals surface area contributed by atoms with E-state index in [0.29, 0.717) is 16.9 Å². The van der Waals surface area contributed by atoms with Crippen LogP contribution < -0.4 is 4.74 Å². The second-order valence-corrected chi connectivity index (χ2v) is 3.58. The lowest BCUT2D eigenvalue weighted by Gasteiger charge is -2.08. The first-order valence-corrected chi connectivity index (χ1v) is 5.15. The van der Waals surface area contributed by atoms with Gasteiger partial charge in [-0.3, -0.25) is 0 Å². The van der Waals surface area contributed by atoms with Gasteiger partial charge in [0.15, 0.2) is 0 Å². The van der Waals surface area contributed by atoms with Crippen LogP contribution >= 0.6 is 0 Å². The molecule has 0 radical (unpaired) electrons. The van der Waals surface area contributed by atoms with Gasteiger partial charge in [-0.05, 0) is 24.3 Å². The van der Waals surface area contributed by atoms with Crippen LogP contribution in [-0.2, 0) is 0 Å². The highest BCUT2D eigenvalue weighted by molar-refractivity contribution is 5.86. The van der Waals surface area contributed by atoms with Gasteiger partial charge in [-0.25, -0.2) is 14.2 Å². The lowest BCUT2D eigenvalue weighted by atomic mass is 10.1. The maximum Gasteiger partial charge on any atom is 0.354 e. The SMILES string of the molecule is COc1ccc(F)cc1-c1ccc(C(=O)O)nc1. The Labute approximate surface area is 103 Å². The van der Waals surface area contributed by atoms with Gasteiger partial charge >= 0.3 is 5.97 Å². The largest absolute Gasteiger partial charge is 0.496 e. The molecule has 0 atom stereocenters. The van der Waals surface area contributed by atoms with Gasteiger partial charge in [-0.2, -0.15) is 0 Å². The zero-order valence-corrected chi connectivity index (χ0v) is 9.55. The van der Waals surface area contributed by atoms with Crippen molar-refractivity contribution >= 4 is 5.97 Å². The van der Waals surface area contributed by atoms with Crippen LogP contribution in [0.25, 0.3) is 11.1 Å². The van der Waals surface area contributed by atoms with E-state index in [0.717, 1.165) is 0 Å². The molecule has 1 aromatic heterocycles. The number of methoxy groups -OCH3 is 1. The van der Waals surface area contributed by atoms with E-state index in [1.54, 1.807) is 6.07 Å². The molecule has 1 aromatic carbocycles. The molecule has 2 rings (SSSR count). The number of carbonyl (C=O) groups is 1. The number of aromatic nitrogens is 1. The van der Waals surface area contributed by atoms with E-state index in [1.807, 2.05) is 0 Å². The average molecular weight is 247 g/mol. The Morgan fingerprint density at radius 2 is 2.11 bits per heavy atom. The van der Waals surface area contributed by atoms with Gasteiger partial charge in [0, 0.05) is 17.3 Å². The van der Waals surface area contributed by atoms with Crippen LogP contribution in [0.1, 0.15) is 10.5 Å². The summed E-state index contributed by atoms with van der Waals surface area (Å²) in [7, 11) is 1.48. The Balaban J connectivity index is 2.48. The van der Waals surface area contributed by atoms with Crippen LogP contribution in [0.5, 0.6) is 5.75 Å². The van der Waals surface area contributed by atoms with E-state index in [9.17, 15) is 9.18 Å². The number of benzene rings is 1. The number of rotatable bonds is 3. The number of pyridine rings is 1. The summed E-state index contributed by atoms with van der Waals surface area (Å²) in [5, 5.41) is 8.74. The summed E-state index contributed by atoms with van der Waals surface area (Å²) in [5.41, 5.74) is 1.06. The summed E-state index contributed by atoms with van der Waals surface area (Å²) in [6, 6.07) is 7.04. The number of nitrogens with zero attached hydrogens (tertiary/aromatic N) is 1. The summed E-state index contributed by atoms with van der Waals surface area (Å²) in [4.78, 5) is 14.5. The third-order valence-corrected chi connectivity index (χ3v) is 2.46. The normalized spacial score (nSPS) is 10.1. The fraction of sp³-hybridized carbons (Fsp3) is 0.0769. The van der Waals surface area contributed by atoms with Crippen molar-refractivity contribution in [3.63, 3.8) is 0 Å². The lowest BCUT2D eigenvalue weighted by Crippen LogP contribution is -1.99. The predicted octanol–water partition coefficient (Wildman–Crippen LogP) is 2.59. The van der Waals surface area contributed by atoms with Crippen LogP contribution in [0.2, 0.25) is 0 Å². The van der Waals surface area contributed by atoms with Crippen LogP contribution in [0.15, 0.2) is 36.5 Å². The zero-order chi connectivity index (χ0) is 13.1. The molecule has 0 bridgehead atoms. The van der Waals surface area contributed by atoms with E-state index >= 15 is 0 Å². The smallest absolute Gasteiger partial charge is 0.354 e. The number of hydrogen-bond donors (Lipinski definition) is 1. The zero-order valence-electron chi connectivity index (χ0n) is 9.55. The maximum absolute atomic E-state index is 13.2. The Kier molecular flexibility index (Phi) is 3.23. The summed E-state index contributed by atoms with van der Waals surface area (Å²) >= 11 is 0. The molecule has 1 N–H and O–H groups in total. The molecule has 0 fully saturated rings. The van der Waals surface area contributed by atoms with Crippen molar-refractivity contribution in [2.45, 2.75) is 0 Å². The number of aromatic carboxylic acids is 1. The molecule has 2 aromatic rings. The Hall–Kier alpha value is -2.43. The van der Waals surface area contributed by atoms with Crippen molar-refractivity contribution in [1.29, 1.82) is 0 Å². The van der Waals surface area contributed by atoms with Gasteiger partial charge in [-0.15, -0.1) is 0 Å². The van der Waals surface area contributed by atoms with Crippen molar-refractivity contribution in [2.75, 3.05) is 7.11 Å². The molecule has 1 heterocycles. The minimum Gasteiger partial charge on any atom is -0.496 e. The molecular weight excluding hydrogens is 237 g/mol. The molecule has 0 aliphatic rings. The van der Waals surface area contributed by atoms with E-state index in [4.69, 9.17) is 9.84 Å². The van der Waals surface area contributed by atoms with Crippen LogP contribution in [0.4, 0.5) is 4.39 Å². The first-order chi connectivity index (χ1) is 8.61. The van der Waals surface area contributed by atoms with Gasteiger partial charge in [-0.1, -0.05) is 6.07 Å². The monoisotopic (exact) mass is 247 g/mol. The third-order valence-electron chi connectivity index (χ3n) is 2.46. The Morgan fingerprint density at radius 3 is 2.67 bits per heavy atom. The van der Waals surface area contributed by atoms with Gasteiger partial charge in [0.05, 0.1) is 7.11 Å². The van der Waals surface area contributed by atoms with Crippen molar-refractivity contribution in [2.24, 2.45) is 0 Å². The summed E-state index contributed by atoms with van der Waals surface area (Å²) < 4.78 is 18.3. The Morgan fingerprint density at radius 1 is 1.33 bits per heavy atom. The molecule has 0 amide bonds. The van der Waals surface area contributed by atoms with Crippen molar-refractivity contribution in [3.8, 4) is 16.9 Å². The molecule has 0 aliphatic heterocycles. The minimum absolute atomic E-state index is 0.0610. The van der Waals surface area contributed by atoms with E-state index in [-0.39, 0.29) is 5.69 Å². The molecule has 0 saturated carbocycles. The topological polar surface area (TPSA) is 59.4 Å². The highest BCUT2D eigenvalue weighted by atomic mass is 19.1. The van der Waals surface area contributed by atoms with E-state index < -0.39 is 11.8 Å². The molecule has 4 nitrogen and oxygen atoms in total. The molecule has 0 aliphatic carbocycles. The number of halogens is 1. The predicted molar refractivity (Wildman–Crippen MR) is 63.1 cm³/mol. The molecule has 0 saturated heterocycles. The second kappa shape index (κ2) is 4.83. The first-order valence-electron chi connectivity index (χ1n) is 5.15. The van der Waals surface area contributed by atoms with Gasteiger partial charge in [0.25, 0.3) is 0 Å². The summed E-state index contributed by atoms with van der Waals surface area (Å²) in [6.07, 6.45) is 1.38. The fourth-order valence-corrected chi connectivity index (χ4v) is 1.59. The van der Waals surface area contributed by atoms with Gasteiger partial charge in [0.1, 0.15) is 17.3 Å². The van der Waals surface area contributed by atoms with Crippen molar-refractivity contribution < 1.29 is 19.0 Å². The number of hydrogen-bond acceptors (Lipinski definition) is 3. The molecule has 0 unspecified atom stereocenters. The van der Waals surface area contributed by atoms with E-state index in [2.05, 4.69) is 4.98 Å². The second-order valence-electron chi connectivity index (χ2n) is 3.58. The number of ether oxygens (including phenoxy) is 1. The fourth-order valence-electron chi connectivity index (χ4n) is 1.59. The van der Waals surface area contributed by atoms with Gasteiger partial charge < -0.3 is 9.84 Å². The van der Waals surface area contributed by atoms with E-state index in [1.165, 1.54) is 37.6 Å². The summed E-state index contributed by atoms with van der Waals surface area (Å²) in [5.74, 6) is -0.998. The van der Waals surface area contributed by atoms with Crippen molar-refractivity contribution in [3.05, 3.63) is 48.0 Å². The molecule has 5 heteroatoms. The highest BCUT2D eigenvalue weighted by Crippen LogP contribution is 2.30. The quantitative estimate of drug-likeness (QED) is 0.905. The third kappa shape index (κ3) is 2.29. The molecular formula is C13H10FNO3. The minimum atomic E-state index is -1.10. The van der Waals surface area contributed by atoms with Gasteiger partial charge in [0.2, 0.25) is 0 Å². The molecule has 0 spiro atoms. The van der Waals surface area contributed by atoms with Crippen molar-refractivity contribution in [1.82, 2.24) is 4.98 Å².